The lowest BCUT2D eigenvalue weighted by Gasteiger charge is -2.13. The van der Waals surface area contributed by atoms with E-state index in [0.29, 0.717) is 22.4 Å². The van der Waals surface area contributed by atoms with Crippen LogP contribution in [0.3, 0.4) is 0 Å². The van der Waals surface area contributed by atoms with E-state index in [4.69, 9.17) is 10.5 Å². The van der Waals surface area contributed by atoms with E-state index in [0.717, 1.165) is 0 Å². The van der Waals surface area contributed by atoms with Gasteiger partial charge < -0.3 is 10.5 Å². The van der Waals surface area contributed by atoms with Gasteiger partial charge in [-0.3, -0.25) is 0 Å². The van der Waals surface area contributed by atoms with Crippen LogP contribution in [0.15, 0.2) is 30.3 Å². The predicted molar refractivity (Wildman–Crippen MR) is 71.0 cm³/mol. The summed E-state index contributed by atoms with van der Waals surface area (Å²) >= 11 is 0. The molecular weight excluding hydrogens is 248 g/mol. The molecule has 2 nitrogen and oxygen atoms in total. The highest BCUT2D eigenvalue weighted by molar-refractivity contribution is 5.70. The molecule has 0 aromatic heterocycles. The Hall–Kier alpha value is -1.94. The van der Waals surface area contributed by atoms with Crippen molar-refractivity contribution in [1.29, 1.82) is 0 Å². The number of ether oxygens (including phenoxy) is 1. The summed E-state index contributed by atoms with van der Waals surface area (Å²) in [5.74, 6) is -0.541. The number of benzene rings is 2. The van der Waals surface area contributed by atoms with Crippen molar-refractivity contribution in [1.82, 2.24) is 0 Å². The highest BCUT2D eigenvalue weighted by Gasteiger charge is 2.16. The minimum absolute atomic E-state index is 0.0388. The zero-order valence-corrected chi connectivity index (χ0v) is 10.8. The largest absolute Gasteiger partial charge is 0.497 e. The summed E-state index contributed by atoms with van der Waals surface area (Å²) in [7, 11) is 1.53. The SMILES string of the molecule is COc1ccc(-c2c(F)ccc(C)c2F)c(CN)c1. The summed E-state index contributed by atoms with van der Waals surface area (Å²) < 4.78 is 33.1. The summed E-state index contributed by atoms with van der Waals surface area (Å²) in [4.78, 5) is 0. The molecule has 0 amide bonds. The number of hydrogen-bond acceptors (Lipinski definition) is 2. The van der Waals surface area contributed by atoms with Crippen LogP contribution in [0.25, 0.3) is 11.1 Å². The third-order valence-electron chi connectivity index (χ3n) is 3.09. The van der Waals surface area contributed by atoms with Gasteiger partial charge in [0.2, 0.25) is 0 Å². The van der Waals surface area contributed by atoms with E-state index in [1.807, 2.05) is 0 Å². The van der Waals surface area contributed by atoms with Crippen LogP contribution in [0.1, 0.15) is 11.1 Å². The Balaban J connectivity index is 2.68. The minimum atomic E-state index is -0.594. The third kappa shape index (κ3) is 2.44. The second-order valence-electron chi connectivity index (χ2n) is 4.28. The van der Waals surface area contributed by atoms with Gasteiger partial charge in [-0.1, -0.05) is 12.1 Å². The summed E-state index contributed by atoms with van der Waals surface area (Å²) in [6, 6.07) is 7.66. The second kappa shape index (κ2) is 5.36. The summed E-state index contributed by atoms with van der Waals surface area (Å²) in [5.41, 5.74) is 7.11. The van der Waals surface area contributed by atoms with Crippen LogP contribution >= 0.6 is 0 Å². The van der Waals surface area contributed by atoms with Gasteiger partial charge in [0.15, 0.2) is 0 Å². The number of aryl methyl sites for hydroxylation is 1. The van der Waals surface area contributed by atoms with Crippen molar-refractivity contribution in [2.75, 3.05) is 7.11 Å². The van der Waals surface area contributed by atoms with Crippen LogP contribution < -0.4 is 10.5 Å². The zero-order chi connectivity index (χ0) is 14.0. The van der Waals surface area contributed by atoms with Crippen molar-refractivity contribution in [3.8, 4) is 16.9 Å². The number of rotatable bonds is 3. The van der Waals surface area contributed by atoms with Gasteiger partial charge in [-0.25, -0.2) is 8.78 Å². The maximum Gasteiger partial charge on any atom is 0.136 e. The van der Waals surface area contributed by atoms with Gasteiger partial charge in [0.1, 0.15) is 17.4 Å². The molecule has 0 bridgehead atoms. The average Bonchev–Trinajstić information content (AvgIpc) is 2.43. The smallest absolute Gasteiger partial charge is 0.136 e. The molecule has 0 heterocycles. The molecule has 0 atom stereocenters. The van der Waals surface area contributed by atoms with E-state index in [1.54, 1.807) is 25.1 Å². The Morgan fingerprint density at radius 2 is 1.89 bits per heavy atom. The Bertz CT molecular complexity index is 611. The molecule has 0 aliphatic heterocycles. The van der Waals surface area contributed by atoms with Gasteiger partial charge in [0.25, 0.3) is 0 Å². The molecule has 2 N–H and O–H groups in total. The first kappa shape index (κ1) is 13.5. The topological polar surface area (TPSA) is 35.2 Å². The summed E-state index contributed by atoms with van der Waals surface area (Å²) in [5, 5.41) is 0. The van der Waals surface area contributed by atoms with E-state index in [9.17, 15) is 8.78 Å². The molecule has 0 fully saturated rings. The van der Waals surface area contributed by atoms with Gasteiger partial charge in [-0.15, -0.1) is 0 Å². The van der Waals surface area contributed by atoms with Crippen molar-refractivity contribution in [3.63, 3.8) is 0 Å². The van der Waals surface area contributed by atoms with Crippen LogP contribution in [0, 0.1) is 18.6 Å². The molecule has 100 valence electrons. The molecule has 2 rings (SSSR count). The van der Waals surface area contributed by atoms with Crippen molar-refractivity contribution in [2.24, 2.45) is 5.73 Å². The standard InChI is InChI=1S/C15H15F2NO/c1-9-3-6-13(16)14(15(9)17)12-5-4-11(19-2)7-10(12)8-18/h3-7H,8,18H2,1-2H3. The van der Waals surface area contributed by atoms with Crippen molar-refractivity contribution < 1.29 is 13.5 Å². The van der Waals surface area contributed by atoms with Gasteiger partial charge in [-0.05, 0) is 41.8 Å². The number of hydrogen-bond donors (Lipinski definition) is 1. The van der Waals surface area contributed by atoms with E-state index >= 15 is 0 Å². The quantitative estimate of drug-likeness (QED) is 0.921. The molecule has 0 saturated carbocycles. The van der Waals surface area contributed by atoms with Crippen LogP contribution in [0.4, 0.5) is 8.78 Å². The number of nitrogens with two attached hydrogens (primary N) is 1. The van der Waals surface area contributed by atoms with Crippen molar-refractivity contribution in [2.45, 2.75) is 13.5 Å². The van der Waals surface area contributed by atoms with Crippen molar-refractivity contribution >= 4 is 0 Å². The molecule has 0 spiro atoms. The number of halogens is 2. The lowest BCUT2D eigenvalue weighted by Crippen LogP contribution is -2.02. The van der Waals surface area contributed by atoms with E-state index in [2.05, 4.69) is 0 Å². The Morgan fingerprint density at radius 1 is 1.16 bits per heavy atom. The molecule has 0 saturated heterocycles. The maximum absolute atomic E-state index is 14.1. The molecule has 0 radical (unpaired) electrons. The third-order valence-corrected chi connectivity index (χ3v) is 3.09. The molecule has 0 aliphatic carbocycles. The second-order valence-corrected chi connectivity index (χ2v) is 4.28. The molecule has 19 heavy (non-hydrogen) atoms. The molecule has 4 heteroatoms. The predicted octanol–water partition coefficient (Wildman–Crippen LogP) is 3.41. The van der Waals surface area contributed by atoms with Crippen LogP contribution in [0.5, 0.6) is 5.75 Å². The average molecular weight is 263 g/mol. The van der Waals surface area contributed by atoms with Crippen molar-refractivity contribution in [3.05, 3.63) is 53.1 Å². The van der Waals surface area contributed by atoms with E-state index in [-0.39, 0.29) is 12.1 Å². The Morgan fingerprint density at radius 3 is 2.53 bits per heavy atom. The van der Waals surface area contributed by atoms with E-state index in [1.165, 1.54) is 19.2 Å². The van der Waals surface area contributed by atoms with Crippen LogP contribution in [-0.4, -0.2) is 7.11 Å². The fourth-order valence-electron chi connectivity index (χ4n) is 2.01. The maximum atomic E-state index is 14.1. The first-order valence-electron chi connectivity index (χ1n) is 5.90. The first-order valence-corrected chi connectivity index (χ1v) is 5.90. The molecule has 2 aromatic carbocycles. The highest BCUT2D eigenvalue weighted by Crippen LogP contribution is 2.32. The van der Waals surface area contributed by atoms with Gasteiger partial charge in [0, 0.05) is 6.54 Å². The molecular formula is C15H15F2NO. The lowest BCUT2D eigenvalue weighted by molar-refractivity contribution is 0.414. The molecule has 0 unspecified atom stereocenters. The van der Waals surface area contributed by atoms with Gasteiger partial charge >= 0.3 is 0 Å². The van der Waals surface area contributed by atoms with E-state index < -0.39 is 11.6 Å². The fraction of sp³-hybridized carbons (Fsp3) is 0.200. The zero-order valence-electron chi connectivity index (χ0n) is 10.8. The van der Waals surface area contributed by atoms with Crippen LogP contribution in [-0.2, 0) is 6.54 Å². The number of methoxy groups -OCH3 is 1. The fourth-order valence-corrected chi connectivity index (χ4v) is 2.01. The first-order chi connectivity index (χ1) is 9.08. The monoisotopic (exact) mass is 263 g/mol. The minimum Gasteiger partial charge on any atom is -0.497 e. The molecule has 0 aliphatic rings. The summed E-state index contributed by atoms with van der Waals surface area (Å²) in [6.07, 6.45) is 0. The summed E-state index contributed by atoms with van der Waals surface area (Å²) in [6.45, 7) is 1.78. The Kier molecular flexibility index (Phi) is 3.81. The van der Waals surface area contributed by atoms with Crippen LogP contribution in [0.2, 0.25) is 0 Å². The molecule has 2 aromatic rings. The van der Waals surface area contributed by atoms with Gasteiger partial charge in [0.05, 0.1) is 12.7 Å². The highest BCUT2D eigenvalue weighted by atomic mass is 19.1. The normalized spacial score (nSPS) is 10.6. The Labute approximate surface area is 110 Å². The van der Waals surface area contributed by atoms with Gasteiger partial charge in [-0.2, -0.15) is 0 Å². The lowest BCUT2D eigenvalue weighted by atomic mass is 9.96.